The van der Waals surface area contributed by atoms with E-state index in [1.165, 1.54) is 16.7 Å². The van der Waals surface area contributed by atoms with Crippen molar-refractivity contribution in [3.8, 4) is 0 Å². The number of rotatable bonds is 3. The lowest BCUT2D eigenvalue weighted by Crippen LogP contribution is -2.14. The Bertz CT molecular complexity index is 326. The molecule has 0 unspecified atom stereocenters. The fourth-order valence-corrected chi connectivity index (χ4v) is 1.74. The van der Waals surface area contributed by atoms with Crippen LogP contribution < -0.4 is 5.32 Å². The predicted molar refractivity (Wildman–Crippen MR) is 70.5 cm³/mol. The minimum atomic E-state index is 0.242. The highest BCUT2D eigenvalue weighted by Gasteiger charge is 2.13. The van der Waals surface area contributed by atoms with Gasteiger partial charge in [-0.1, -0.05) is 54.9 Å². The summed E-state index contributed by atoms with van der Waals surface area (Å²) in [4.78, 5) is 0. The van der Waals surface area contributed by atoms with E-state index in [2.05, 4.69) is 67.1 Å². The second-order valence-electron chi connectivity index (χ2n) is 4.95. The number of hydrogen-bond donors (Lipinski definition) is 1. The molecule has 1 aromatic carbocycles. The topological polar surface area (TPSA) is 12.0 Å². The van der Waals surface area contributed by atoms with Gasteiger partial charge in [-0.05, 0) is 29.0 Å². The van der Waals surface area contributed by atoms with Crippen LogP contribution in [0.25, 0.3) is 0 Å². The minimum absolute atomic E-state index is 0.242. The van der Waals surface area contributed by atoms with E-state index in [9.17, 15) is 0 Å². The van der Waals surface area contributed by atoms with Crippen molar-refractivity contribution in [2.24, 2.45) is 0 Å². The summed E-state index contributed by atoms with van der Waals surface area (Å²) in [5.41, 5.74) is 5.24. The number of alkyl halides is 1. The molecule has 0 saturated heterocycles. The lowest BCUT2D eigenvalue weighted by Gasteiger charge is -2.20. The molecule has 1 nitrogen and oxygen atoms in total. The van der Waals surface area contributed by atoms with Gasteiger partial charge in [-0.2, -0.15) is 0 Å². The second-order valence-corrected chi connectivity index (χ2v) is 5.51. The van der Waals surface area contributed by atoms with E-state index in [4.69, 9.17) is 0 Å². The molecule has 0 bridgehead atoms. The van der Waals surface area contributed by atoms with Crippen molar-refractivity contribution in [2.45, 2.75) is 39.7 Å². The molecule has 1 aromatic rings. The molecule has 0 atom stereocenters. The molecule has 2 heteroatoms. The summed E-state index contributed by atoms with van der Waals surface area (Å²) in [7, 11) is 0. The predicted octanol–water partition coefficient (Wildman–Crippen LogP) is 3.73. The van der Waals surface area contributed by atoms with Crippen LogP contribution in [0.3, 0.4) is 0 Å². The van der Waals surface area contributed by atoms with Gasteiger partial charge in [-0.25, -0.2) is 0 Å². The van der Waals surface area contributed by atoms with Crippen molar-refractivity contribution in [2.75, 3.05) is 5.45 Å². The van der Waals surface area contributed by atoms with Crippen molar-refractivity contribution in [1.29, 1.82) is 0 Å². The van der Waals surface area contributed by atoms with Crippen LogP contribution in [0.5, 0.6) is 0 Å². The summed E-state index contributed by atoms with van der Waals surface area (Å²) in [6, 6.07) is 6.76. The van der Waals surface area contributed by atoms with Crippen molar-refractivity contribution in [3.63, 3.8) is 0 Å². The Balaban J connectivity index is 2.88. The van der Waals surface area contributed by atoms with Gasteiger partial charge in [0.2, 0.25) is 0 Å². The number of nitrogens with one attached hydrogen (secondary N) is 1. The first-order valence-corrected chi connectivity index (χ1v) is 6.44. The maximum atomic E-state index is 3.37. The second kappa shape index (κ2) is 5.13. The van der Waals surface area contributed by atoms with E-state index in [0.717, 1.165) is 12.0 Å². The first-order valence-electron chi connectivity index (χ1n) is 5.32. The highest BCUT2D eigenvalue weighted by Crippen LogP contribution is 2.24. The smallest absolute Gasteiger partial charge is 0.0519 e. The summed E-state index contributed by atoms with van der Waals surface area (Å²) in [6.45, 7) is 9.86. The maximum Gasteiger partial charge on any atom is 0.0519 e. The number of benzene rings is 1. The van der Waals surface area contributed by atoms with E-state index >= 15 is 0 Å². The fourth-order valence-electron chi connectivity index (χ4n) is 1.54. The molecule has 1 N–H and O–H groups in total. The molecule has 0 saturated carbocycles. The van der Waals surface area contributed by atoms with E-state index in [0.29, 0.717) is 0 Å². The van der Waals surface area contributed by atoms with Gasteiger partial charge in [0.15, 0.2) is 0 Å². The zero-order chi connectivity index (χ0) is 11.5. The normalized spacial score (nSPS) is 11.8. The molecule has 0 aliphatic rings. The highest BCUT2D eigenvalue weighted by atomic mass is 79.9. The molecule has 15 heavy (non-hydrogen) atoms. The molecule has 0 spiro atoms. The summed E-state index contributed by atoms with van der Waals surface area (Å²) in [6.07, 6.45) is 0. The van der Waals surface area contributed by atoms with Crippen LogP contribution in [-0.4, -0.2) is 5.45 Å². The van der Waals surface area contributed by atoms with Crippen LogP contribution in [0.1, 0.15) is 37.5 Å². The van der Waals surface area contributed by atoms with Gasteiger partial charge in [-0.15, -0.1) is 0 Å². The zero-order valence-electron chi connectivity index (χ0n) is 10.0. The van der Waals surface area contributed by atoms with Crippen molar-refractivity contribution in [1.82, 2.24) is 5.32 Å². The van der Waals surface area contributed by atoms with E-state index in [1.54, 1.807) is 0 Å². The highest BCUT2D eigenvalue weighted by molar-refractivity contribution is 9.09. The lowest BCUT2D eigenvalue weighted by atomic mass is 9.85. The largest absolute Gasteiger partial charge is 0.303 e. The van der Waals surface area contributed by atoms with E-state index in [1.807, 2.05) is 0 Å². The van der Waals surface area contributed by atoms with Crippen molar-refractivity contribution >= 4 is 15.9 Å². The zero-order valence-corrected chi connectivity index (χ0v) is 11.6. The van der Waals surface area contributed by atoms with Gasteiger partial charge in [0, 0.05) is 6.54 Å². The molecule has 0 aliphatic heterocycles. The average molecular weight is 270 g/mol. The minimum Gasteiger partial charge on any atom is -0.303 e. The van der Waals surface area contributed by atoms with Gasteiger partial charge in [0.05, 0.1) is 5.45 Å². The van der Waals surface area contributed by atoms with Gasteiger partial charge in [-0.3, -0.25) is 0 Å². The number of halogens is 1. The molecule has 0 aromatic heterocycles. The monoisotopic (exact) mass is 269 g/mol. The van der Waals surface area contributed by atoms with E-state index in [-0.39, 0.29) is 5.41 Å². The van der Waals surface area contributed by atoms with Crippen LogP contribution in [0.4, 0.5) is 0 Å². The molecular formula is C13H20BrN. The molecule has 1 rings (SSSR count). The van der Waals surface area contributed by atoms with Gasteiger partial charge in [0.1, 0.15) is 0 Å². The Morgan fingerprint density at radius 1 is 1.27 bits per heavy atom. The van der Waals surface area contributed by atoms with Crippen LogP contribution in [-0.2, 0) is 12.0 Å². The Labute approximate surface area is 101 Å². The summed E-state index contributed by atoms with van der Waals surface area (Å²) >= 11 is 3.37. The Morgan fingerprint density at radius 3 is 2.40 bits per heavy atom. The van der Waals surface area contributed by atoms with Gasteiger partial charge >= 0.3 is 0 Å². The molecule has 0 fully saturated rings. The van der Waals surface area contributed by atoms with Crippen LogP contribution in [0, 0.1) is 6.92 Å². The molecule has 0 radical (unpaired) electrons. The fraction of sp³-hybridized carbons (Fsp3) is 0.538. The molecule has 0 amide bonds. The van der Waals surface area contributed by atoms with Gasteiger partial charge < -0.3 is 5.32 Å². The van der Waals surface area contributed by atoms with Crippen molar-refractivity contribution < 1.29 is 0 Å². The lowest BCUT2D eigenvalue weighted by molar-refractivity contribution is 0.589. The third-order valence-corrected chi connectivity index (χ3v) is 3.02. The van der Waals surface area contributed by atoms with E-state index < -0.39 is 0 Å². The summed E-state index contributed by atoms with van der Waals surface area (Å²) in [5.74, 6) is 0. The first-order chi connectivity index (χ1) is 6.95. The summed E-state index contributed by atoms with van der Waals surface area (Å²) < 4.78 is 0. The molecule has 84 valence electrons. The Hall–Kier alpha value is -0.340. The van der Waals surface area contributed by atoms with Crippen LogP contribution >= 0.6 is 15.9 Å². The number of aryl methyl sites for hydroxylation is 1. The Morgan fingerprint density at radius 2 is 1.93 bits per heavy atom. The number of hydrogen-bond acceptors (Lipinski definition) is 1. The quantitative estimate of drug-likeness (QED) is 0.651. The standard InChI is InChI=1S/C13H20BrN/c1-10-7-12(13(2,3)4)6-5-11(10)8-15-9-14/h5-7,15H,8-9H2,1-4H3. The average Bonchev–Trinajstić information content (AvgIpc) is 2.14. The van der Waals surface area contributed by atoms with Crippen molar-refractivity contribution in [3.05, 3.63) is 34.9 Å². The Kier molecular flexibility index (Phi) is 4.35. The third-order valence-electron chi connectivity index (χ3n) is 2.62. The van der Waals surface area contributed by atoms with Crippen LogP contribution in [0.2, 0.25) is 0 Å². The molecular weight excluding hydrogens is 250 g/mol. The third kappa shape index (κ3) is 3.62. The summed E-state index contributed by atoms with van der Waals surface area (Å²) in [5, 5.41) is 3.28. The van der Waals surface area contributed by atoms with Crippen LogP contribution in [0.15, 0.2) is 18.2 Å². The van der Waals surface area contributed by atoms with Gasteiger partial charge in [0.25, 0.3) is 0 Å². The maximum absolute atomic E-state index is 3.37. The molecule has 0 aliphatic carbocycles. The molecule has 0 heterocycles. The first kappa shape index (κ1) is 12.7. The SMILES string of the molecule is Cc1cc(C(C)(C)C)ccc1CNCBr.